The molecule has 0 aromatic heterocycles. The molecule has 0 radical (unpaired) electrons. The Morgan fingerprint density at radius 3 is 1.92 bits per heavy atom. The monoisotopic (exact) mass is 475 g/mol. The largest absolute Gasteiger partial charge is 0.381 e. The number of hydrogen-bond acceptors (Lipinski definition) is 1. The maximum atomic E-state index is 3.84. The second-order valence-electron chi connectivity index (χ2n) is 10.8. The molecule has 1 aliphatic heterocycles. The molecular weight excluding hydrogens is 446 g/mol. The van der Waals surface area contributed by atoms with Crippen LogP contribution in [-0.4, -0.2) is 6.04 Å². The van der Waals surface area contributed by atoms with Crippen molar-refractivity contribution in [3.63, 3.8) is 0 Å². The van der Waals surface area contributed by atoms with Gasteiger partial charge in [-0.25, -0.2) is 0 Å². The van der Waals surface area contributed by atoms with Crippen LogP contribution in [0.5, 0.6) is 0 Å². The molecule has 1 heteroatoms. The first-order valence-electron chi connectivity index (χ1n) is 13.7. The molecule has 6 aromatic carbocycles. The van der Waals surface area contributed by atoms with E-state index >= 15 is 0 Å². The van der Waals surface area contributed by atoms with E-state index in [0.717, 1.165) is 0 Å². The second kappa shape index (κ2) is 8.21. The van der Waals surface area contributed by atoms with E-state index in [1.807, 2.05) is 0 Å². The molecule has 1 saturated carbocycles. The van der Waals surface area contributed by atoms with Gasteiger partial charge in [-0.3, -0.25) is 0 Å². The lowest BCUT2D eigenvalue weighted by Crippen LogP contribution is -2.23. The summed E-state index contributed by atoms with van der Waals surface area (Å²) in [5.41, 5.74) is 8.21. The van der Waals surface area contributed by atoms with Gasteiger partial charge in [0.2, 0.25) is 0 Å². The third-order valence-corrected chi connectivity index (χ3v) is 8.84. The number of hydrogen-bond donors (Lipinski definition) is 1. The molecule has 0 saturated heterocycles. The zero-order valence-electron chi connectivity index (χ0n) is 20.9. The fourth-order valence-electron chi connectivity index (χ4n) is 7.21. The minimum atomic E-state index is 0.612. The molecule has 2 aliphatic rings. The van der Waals surface area contributed by atoms with Crippen LogP contribution in [0.3, 0.4) is 0 Å². The van der Waals surface area contributed by atoms with E-state index in [1.165, 1.54) is 91.5 Å². The van der Waals surface area contributed by atoms with E-state index < -0.39 is 0 Å². The molecule has 1 unspecified atom stereocenters. The average molecular weight is 476 g/mol. The quantitative estimate of drug-likeness (QED) is 0.246. The molecule has 2 atom stereocenters. The summed E-state index contributed by atoms with van der Waals surface area (Å²) >= 11 is 0. The Bertz CT molecular complexity index is 1770. The van der Waals surface area contributed by atoms with Crippen LogP contribution in [0, 0.1) is 0 Å². The van der Waals surface area contributed by atoms with Gasteiger partial charge in [0, 0.05) is 17.6 Å². The zero-order valence-corrected chi connectivity index (χ0v) is 20.9. The molecule has 1 aliphatic carbocycles. The van der Waals surface area contributed by atoms with E-state index in [0.29, 0.717) is 12.0 Å². The van der Waals surface area contributed by atoms with Gasteiger partial charge in [-0.1, -0.05) is 110 Å². The number of nitrogens with one attached hydrogen (secondary N) is 1. The highest BCUT2D eigenvalue weighted by Gasteiger charge is 2.34. The Morgan fingerprint density at radius 1 is 0.541 bits per heavy atom. The van der Waals surface area contributed by atoms with Crippen molar-refractivity contribution in [2.75, 3.05) is 5.32 Å². The van der Waals surface area contributed by atoms with Gasteiger partial charge in [-0.2, -0.15) is 0 Å². The van der Waals surface area contributed by atoms with E-state index in [1.54, 1.807) is 0 Å². The summed E-state index contributed by atoms with van der Waals surface area (Å²) in [5.74, 6) is 0.649. The topological polar surface area (TPSA) is 12.0 Å². The lowest BCUT2D eigenvalue weighted by molar-refractivity contribution is 0.422. The van der Waals surface area contributed by atoms with Gasteiger partial charge in [0.25, 0.3) is 0 Å². The van der Waals surface area contributed by atoms with Crippen LogP contribution in [0.15, 0.2) is 109 Å². The zero-order chi connectivity index (χ0) is 24.3. The molecule has 6 aromatic rings. The molecule has 0 spiro atoms. The van der Waals surface area contributed by atoms with E-state index in [9.17, 15) is 0 Å². The smallest absolute Gasteiger partial charge is 0.0379 e. The van der Waals surface area contributed by atoms with Gasteiger partial charge in [-0.15, -0.1) is 0 Å². The SMILES string of the molecule is c1ccc2c(-c3c4ccccc4c(-c4ccc5c(c4)C4CCCC[C@H]4N5)c4ccccc34)cccc2c1. The Balaban J connectivity index is 1.45. The van der Waals surface area contributed by atoms with Crippen molar-refractivity contribution in [1.82, 2.24) is 0 Å². The maximum absolute atomic E-state index is 3.84. The van der Waals surface area contributed by atoms with E-state index in [-0.39, 0.29) is 0 Å². The molecule has 37 heavy (non-hydrogen) atoms. The first-order chi connectivity index (χ1) is 18.4. The number of fused-ring (bicyclic) bond motifs is 6. The molecule has 178 valence electrons. The summed E-state index contributed by atoms with van der Waals surface area (Å²) in [4.78, 5) is 0. The molecular formula is C36H29N. The number of benzene rings is 6. The van der Waals surface area contributed by atoms with Crippen molar-refractivity contribution in [3.8, 4) is 22.3 Å². The molecule has 0 amide bonds. The van der Waals surface area contributed by atoms with Crippen molar-refractivity contribution >= 4 is 38.0 Å². The van der Waals surface area contributed by atoms with Crippen LogP contribution in [0.4, 0.5) is 5.69 Å². The van der Waals surface area contributed by atoms with Crippen molar-refractivity contribution in [2.24, 2.45) is 0 Å². The molecule has 1 N–H and O–H groups in total. The van der Waals surface area contributed by atoms with Gasteiger partial charge >= 0.3 is 0 Å². The molecule has 1 fully saturated rings. The summed E-state index contributed by atoms with van der Waals surface area (Å²) in [6, 6.07) is 41.3. The summed E-state index contributed by atoms with van der Waals surface area (Å²) < 4.78 is 0. The molecule has 0 bridgehead atoms. The molecule has 1 nitrogen and oxygen atoms in total. The van der Waals surface area contributed by atoms with Crippen LogP contribution < -0.4 is 5.32 Å². The first-order valence-corrected chi connectivity index (χ1v) is 13.7. The number of anilines is 1. The lowest BCUT2D eigenvalue weighted by Gasteiger charge is -2.25. The summed E-state index contributed by atoms with van der Waals surface area (Å²) in [6.07, 6.45) is 5.29. The Hall–Kier alpha value is -4.10. The minimum Gasteiger partial charge on any atom is -0.381 e. The van der Waals surface area contributed by atoms with Crippen LogP contribution in [-0.2, 0) is 0 Å². The van der Waals surface area contributed by atoms with Crippen molar-refractivity contribution in [1.29, 1.82) is 0 Å². The van der Waals surface area contributed by atoms with Crippen LogP contribution in [0.1, 0.15) is 37.2 Å². The highest BCUT2D eigenvalue weighted by molar-refractivity contribution is 6.23. The van der Waals surface area contributed by atoms with Gasteiger partial charge < -0.3 is 5.32 Å². The Kier molecular flexibility index (Phi) is 4.67. The fourth-order valence-corrected chi connectivity index (χ4v) is 7.21. The highest BCUT2D eigenvalue weighted by atomic mass is 15.0. The van der Waals surface area contributed by atoms with E-state index in [2.05, 4.69) is 115 Å². The van der Waals surface area contributed by atoms with Crippen LogP contribution >= 0.6 is 0 Å². The van der Waals surface area contributed by atoms with Crippen molar-refractivity contribution in [2.45, 2.75) is 37.6 Å². The lowest BCUT2D eigenvalue weighted by atomic mass is 9.81. The van der Waals surface area contributed by atoms with Crippen molar-refractivity contribution < 1.29 is 0 Å². The highest BCUT2D eigenvalue weighted by Crippen LogP contribution is 2.48. The molecule has 8 rings (SSSR count). The third-order valence-electron chi connectivity index (χ3n) is 8.84. The second-order valence-corrected chi connectivity index (χ2v) is 10.8. The summed E-state index contributed by atoms with van der Waals surface area (Å²) in [7, 11) is 0. The van der Waals surface area contributed by atoms with Crippen LogP contribution in [0.2, 0.25) is 0 Å². The van der Waals surface area contributed by atoms with Gasteiger partial charge in [0.05, 0.1) is 0 Å². The summed E-state index contributed by atoms with van der Waals surface area (Å²) in [6.45, 7) is 0. The molecule has 1 heterocycles. The van der Waals surface area contributed by atoms with Crippen LogP contribution in [0.25, 0.3) is 54.6 Å². The predicted octanol–water partition coefficient (Wildman–Crippen LogP) is 9.93. The summed E-state index contributed by atoms with van der Waals surface area (Å²) in [5, 5.41) is 11.7. The predicted molar refractivity (Wildman–Crippen MR) is 158 cm³/mol. The minimum absolute atomic E-state index is 0.612. The normalized spacial score (nSPS) is 18.6. The fraction of sp³-hybridized carbons (Fsp3) is 0.167. The van der Waals surface area contributed by atoms with Crippen molar-refractivity contribution in [3.05, 3.63) is 115 Å². The van der Waals surface area contributed by atoms with Gasteiger partial charge in [0.15, 0.2) is 0 Å². The van der Waals surface area contributed by atoms with Gasteiger partial charge in [-0.05, 0) is 85.1 Å². The Morgan fingerprint density at radius 2 is 1.16 bits per heavy atom. The van der Waals surface area contributed by atoms with Gasteiger partial charge in [0.1, 0.15) is 0 Å². The first kappa shape index (κ1) is 21.0. The average Bonchev–Trinajstić information content (AvgIpc) is 3.33. The Labute approximate surface area is 217 Å². The standard InChI is InChI=1S/C36H29N/c1-2-12-25-23(10-1)11-9-18-27(25)36-30-16-5-3-14-28(30)35(29-15-4-6-17-31(29)36)24-20-21-34-32(22-24)26-13-7-8-19-33(26)37-34/h1-6,9-12,14-18,20-22,26,33,37H,7-8,13,19H2/t26?,33-/m1/s1. The third kappa shape index (κ3) is 3.17. The number of rotatable bonds is 2. The van der Waals surface area contributed by atoms with E-state index in [4.69, 9.17) is 0 Å². The maximum Gasteiger partial charge on any atom is 0.0379 e.